The standard InChI is InChI=1S/C30H45N3O4S/c1-19-16-21-22(25(35)31-17-20-12-8-7-9-13-20)23-27(37)33(14-10-11-15-34)24(30(19,23)38-21)26(36)32-29(5,6)18-28(2,3)4/h7-9,12-13,19,21-24,34H,10-11,14-18H2,1-6H3,(H,31,35)(H,32,36)/t19?,21-,22+,23+,24?,30?/m1/s1. The van der Waals surface area contributed by atoms with Crippen molar-refractivity contribution in [3.63, 3.8) is 0 Å². The lowest BCUT2D eigenvalue weighted by atomic mass is 9.65. The van der Waals surface area contributed by atoms with Gasteiger partial charge in [0.15, 0.2) is 0 Å². The van der Waals surface area contributed by atoms with Gasteiger partial charge in [0.1, 0.15) is 6.04 Å². The Morgan fingerprint density at radius 1 is 1.11 bits per heavy atom. The summed E-state index contributed by atoms with van der Waals surface area (Å²) in [6, 6.07) is 9.15. The van der Waals surface area contributed by atoms with Crippen LogP contribution in [0.5, 0.6) is 0 Å². The number of nitrogens with one attached hydrogen (secondary N) is 2. The van der Waals surface area contributed by atoms with E-state index in [1.807, 2.05) is 44.2 Å². The van der Waals surface area contributed by atoms with Crippen LogP contribution < -0.4 is 10.6 Å². The predicted octanol–water partition coefficient (Wildman–Crippen LogP) is 3.74. The van der Waals surface area contributed by atoms with Crippen LogP contribution in [0.3, 0.4) is 0 Å². The number of hydrogen-bond donors (Lipinski definition) is 3. The molecule has 0 aliphatic carbocycles. The molecular formula is C30H45N3O4S. The van der Waals surface area contributed by atoms with Crippen LogP contribution in [0, 0.1) is 23.2 Å². The third-order valence-electron chi connectivity index (χ3n) is 8.35. The number of hydrogen-bond acceptors (Lipinski definition) is 5. The van der Waals surface area contributed by atoms with Crippen molar-refractivity contribution >= 4 is 29.5 Å². The van der Waals surface area contributed by atoms with Gasteiger partial charge < -0.3 is 20.6 Å². The van der Waals surface area contributed by atoms with Gasteiger partial charge in [-0.1, -0.05) is 58.0 Å². The normalized spacial score (nSPS) is 30.4. The third-order valence-corrected chi connectivity index (χ3v) is 10.4. The van der Waals surface area contributed by atoms with Crippen molar-refractivity contribution in [1.29, 1.82) is 0 Å². The number of aliphatic hydroxyl groups is 1. The molecule has 3 saturated heterocycles. The average molecular weight is 544 g/mol. The Morgan fingerprint density at radius 2 is 1.79 bits per heavy atom. The van der Waals surface area contributed by atoms with Crippen LogP contribution in [0.1, 0.15) is 72.8 Å². The molecule has 1 aromatic rings. The minimum Gasteiger partial charge on any atom is -0.396 e. The van der Waals surface area contributed by atoms with E-state index in [-0.39, 0.29) is 40.9 Å². The molecule has 0 aromatic heterocycles. The molecule has 2 bridgehead atoms. The molecule has 3 unspecified atom stereocenters. The lowest BCUT2D eigenvalue weighted by Crippen LogP contribution is -2.60. The summed E-state index contributed by atoms with van der Waals surface area (Å²) in [4.78, 5) is 43.6. The van der Waals surface area contributed by atoms with E-state index in [0.29, 0.717) is 25.9 Å². The van der Waals surface area contributed by atoms with Crippen molar-refractivity contribution in [1.82, 2.24) is 15.5 Å². The Kier molecular flexibility index (Phi) is 8.25. The van der Waals surface area contributed by atoms with Gasteiger partial charge in [0.2, 0.25) is 17.7 Å². The van der Waals surface area contributed by atoms with Crippen molar-refractivity contribution in [2.75, 3.05) is 13.2 Å². The Hall–Kier alpha value is -2.06. The molecule has 4 rings (SSSR count). The Labute approximate surface area is 231 Å². The Morgan fingerprint density at radius 3 is 2.42 bits per heavy atom. The second-order valence-electron chi connectivity index (χ2n) is 13.3. The summed E-state index contributed by atoms with van der Waals surface area (Å²) in [5.74, 6) is -1.14. The molecule has 8 heteroatoms. The fourth-order valence-electron chi connectivity index (χ4n) is 7.43. The van der Waals surface area contributed by atoms with Crippen LogP contribution in [-0.4, -0.2) is 62.5 Å². The Balaban J connectivity index is 1.63. The van der Waals surface area contributed by atoms with Gasteiger partial charge in [-0.2, -0.15) is 0 Å². The molecule has 1 aromatic carbocycles. The number of likely N-dealkylation sites (tertiary alicyclic amines) is 1. The molecular weight excluding hydrogens is 498 g/mol. The molecule has 3 amide bonds. The summed E-state index contributed by atoms with van der Waals surface area (Å²) in [6.45, 7) is 13.6. The largest absolute Gasteiger partial charge is 0.396 e. The van der Waals surface area contributed by atoms with Gasteiger partial charge in [0, 0.05) is 30.5 Å². The van der Waals surface area contributed by atoms with Crippen molar-refractivity contribution in [2.24, 2.45) is 23.2 Å². The van der Waals surface area contributed by atoms with E-state index < -0.39 is 28.2 Å². The van der Waals surface area contributed by atoms with E-state index in [9.17, 15) is 19.5 Å². The summed E-state index contributed by atoms with van der Waals surface area (Å²) in [6.07, 6.45) is 2.80. The van der Waals surface area contributed by atoms with Crippen LogP contribution in [-0.2, 0) is 20.9 Å². The molecule has 6 atom stereocenters. The number of carbonyl (C=O) groups is 3. The lowest BCUT2D eigenvalue weighted by Gasteiger charge is -2.41. The van der Waals surface area contributed by atoms with Crippen molar-refractivity contribution in [2.45, 2.75) is 95.3 Å². The SMILES string of the molecule is CC1C[C@H]2SC13C(C(=O)NC(C)(C)CC(C)(C)C)N(CCCCO)C(=O)[C@@H]3[C@H]2C(=O)NCc1ccccc1. The van der Waals surface area contributed by atoms with E-state index >= 15 is 0 Å². The number of benzene rings is 1. The maximum atomic E-state index is 14.1. The molecule has 3 N–H and O–H groups in total. The first-order chi connectivity index (χ1) is 17.8. The number of rotatable bonds is 10. The maximum absolute atomic E-state index is 14.1. The van der Waals surface area contributed by atoms with Crippen LogP contribution in [0.15, 0.2) is 30.3 Å². The van der Waals surface area contributed by atoms with Crippen LogP contribution in [0.2, 0.25) is 0 Å². The van der Waals surface area contributed by atoms with Crippen molar-refractivity contribution < 1.29 is 19.5 Å². The quantitative estimate of drug-likeness (QED) is 0.391. The number of aliphatic hydroxyl groups excluding tert-OH is 1. The molecule has 3 aliphatic rings. The summed E-state index contributed by atoms with van der Waals surface area (Å²) in [5.41, 5.74) is 0.599. The second kappa shape index (κ2) is 10.8. The van der Waals surface area contributed by atoms with Crippen LogP contribution >= 0.6 is 11.8 Å². The molecule has 38 heavy (non-hydrogen) atoms. The first kappa shape index (κ1) is 28.9. The Bertz CT molecular complexity index is 1040. The highest BCUT2D eigenvalue weighted by atomic mass is 32.2. The topological polar surface area (TPSA) is 98.7 Å². The fourth-order valence-corrected chi connectivity index (χ4v) is 9.85. The minimum atomic E-state index is -0.630. The predicted molar refractivity (Wildman–Crippen MR) is 151 cm³/mol. The van der Waals surface area contributed by atoms with Crippen LogP contribution in [0.4, 0.5) is 0 Å². The zero-order chi connectivity index (χ0) is 27.9. The lowest BCUT2D eigenvalue weighted by molar-refractivity contribution is -0.140. The highest BCUT2D eigenvalue weighted by molar-refractivity contribution is 8.02. The molecule has 3 heterocycles. The zero-order valence-electron chi connectivity index (χ0n) is 23.8. The molecule has 7 nitrogen and oxygen atoms in total. The third kappa shape index (κ3) is 5.48. The van der Waals surface area contributed by atoms with E-state index in [1.54, 1.807) is 16.7 Å². The highest BCUT2D eigenvalue weighted by Gasteiger charge is 2.75. The van der Waals surface area contributed by atoms with Gasteiger partial charge in [0.25, 0.3) is 0 Å². The molecule has 3 fully saturated rings. The second-order valence-corrected chi connectivity index (χ2v) is 14.9. The van der Waals surface area contributed by atoms with E-state index in [0.717, 1.165) is 18.4 Å². The number of unbranched alkanes of at least 4 members (excludes halogenated alkanes) is 1. The van der Waals surface area contributed by atoms with E-state index in [1.165, 1.54) is 0 Å². The number of carbonyl (C=O) groups excluding carboxylic acids is 3. The molecule has 1 spiro atoms. The van der Waals surface area contributed by atoms with E-state index in [2.05, 4.69) is 38.3 Å². The van der Waals surface area contributed by atoms with Gasteiger partial charge in [0.05, 0.1) is 16.6 Å². The van der Waals surface area contributed by atoms with Gasteiger partial charge in [-0.3, -0.25) is 14.4 Å². The van der Waals surface area contributed by atoms with Gasteiger partial charge in [-0.15, -0.1) is 11.8 Å². The summed E-state index contributed by atoms with van der Waals surface area (Å²) in [7, 11) is 0. The number of amides is 3. The van der Waals surface area contributed by atoms with Crippen molar-refractivity contribution in [3.05, 3.63) is 35.9 Å². The monoisotopic (exact) mass is 543 g/mol. The van der Waals surface area contributed by atoms with Gasteiger partial charge in [-0.05, 0) is 56.4 Å². The molecule has 3 aliphatic heterocycles. The summed E-state index contributed by atoms with van der Waals surface area (Å²) >= 11 is 1.70. The van der Waals surface area contributed by atoms with Crippen LogP contribution in [0.25, 0.3) is 0 Å². The molecule has 210 valence electrons. The number of thioether (sulfide) groups is 1. The highest BCUT2D eigenvalue weighted by Crippen LogP contribution is 2.68. The fraction of sp³-hybridized carbons (Fsp3) is 0.700. The molecule has 0 saturated carbocycles. The smallest absolute Gasteiger partial charge is 0.244 e. The maximum Gasteiger partial charge on any atom is 0.244 e. The van der Waals surface area contributed by atoms with Crippen molar-refractivity contribution in [3.8, 4) is 0 Å². The summed E-state index contributed by atoms with van der Waals surface area (Å²) < 4.78 is -0.627. The average Bonchev–Trinajstić information content (AvgIpc) is 3.40. The van der Waals surface area contributed by atoms with Gasteiger partial charge >= 0.3 is 0 Å². The first-order valence-corrected chi connectivity index (χ1v) is 14.9. The number of fused-ring (bicyclic) bond motifs is 1. The summed E-state index contributed by atoms with van der Waals surface area (Å²) in [5, 5.41) is 15.8. The minimum absolute atomic E-state index is 0.0206. The van der Waals surface area contributed by atoms with Gasteiger partial charge in [-0.25, -0.2) is 0 Å². The first-order valence-electron chi connectivity index (χ1n) is 14.0. The zero-order valence-corrected chi connectivity index (χ0v) is 24.6. The molecule has 0 radical (unpaired) electrons. The van der Waals surface area contributed by atoms with E-state index in [4.69, 9.17) is 0 Å². The number of nitrogens with zero attached hydrogens (tertiary/aromatic N) is 1.